The molecule has 2 N–H and O–H groups in total. The molecular weight excluding hydrogens is 276 g/mol. The van der Waals surface area contributed by atoms with Crippen LogP contribution in [0.4, 0.5) is 0 Å². The second kappa shape index (κ2) is 8.01. The summed E-state index contributed by atoms with van der Waals surface area (Å²) in [6, 6.07) is 7.94. The highest BCUT2D eigenvalue weighted by Crippen LogP contribution is 2.21. The summed E-state index contributed by atoms with van der Waals surface area (Å²) in [4.78, 5) is 12.3. The highest BCUT2D eigenvalue weighted by Gasteiger charge is 2.20. The summed E-state index contributed by atoms with van der Waals surface area (Å²) in [5.41, 5.74) is 2.07. The number of ether oxygens (including phenoxy) is 1. The van der Waals surface area contributed by atoms with Crippen molar-refractivity contribution >= 4 is 12.0 Å². The summed E-state index contributed by atoms with van der Waals surface area (Å²) < 4.78 is 5.36. The fourth-order valence-electron chi connectivity index (χ4n) is 2.71. The average molecular weight is 300 g/mol. The topological polar surface area (TPSA) is 62.2 Å². The molecule has 1 atom stereocenters. The number of ketones is 1. The molecule has 1 aromatic carbocycles. The van der Waals surface area contributed by atoms with E-state index in [9.17, 15) is 4.79 Å². The molecule has 0 aliphatic carbocycles. The van der Waals surface area contributed by atoms with Gasteiger partial charge in [0.25, 0.3) is 0 Å². The summed E-state index contributed by atoms with van der Waals surface area (Å²) in [6.45, 7) is 7.70. The van der Waals surface area contributed by atoms with Crippen LogP contribution in [0.2, 0.25) is 0 Å². The first-order valence-corrected chi connectivity index (χ1v) is 7.74. The molecule has 1 saturated heterocycles. The number of carbonyl (C=O) groups is 1. The fourth-order valence-corrected chi connectivity index (χ4v) is 2.71. The average Bonchev–Trinajstić information content (AvgIpc) is 2.56. The second-order valence-electron chi connectivity index (χ2n) is 5.76. The first-order valence-electron chi connectivity index (χ1n) is 7.74. The molecule has 0 amide bonds. The number of allylic oxidation sites excluding steroid dienone is 1. The number of carbonyl (C=O) groups excluding carboxylic acids is 1. The second-order valence-corrected chi connectivity index (χ2v) is 5.76. The van der Waals surface area contributed by atoms with Crippen LogP contribution in [0.15, 0.2) is 36.4 Å². The van der Waals surface area contributed by atoms with Crippen molar-refractivity contribution in [2.45, 2.75) is 31.7 Å². The van der Waals surface area contributed by atoms with Gasteiger partial charge in [-0.05, 0) is 30.9 Å². The van der Waals surface area contributed by atoms with Gasteiger partial charge in [-0.25, -0.2) is 0 Å². The standard InChI is InChI=1S/C18H24N2O2/c1-13(2)18(21)17-6-4-3-5-16(17)14(11-19)12-20-15-7-9-22-10-8-15/h3-6,11,14-15,19-20H,1,7-10,12H2,2H3. The molecule has 1 aromatic rings. The Kier molecular flexibility index (Phi) is 6.04. The van der Waals surface area contributed by atoms with Crippen LogP contribution in [0, 0.1) is 5.41 Å². The van der Waals surface area contributed by atoms with Crippen molar-refractivity contribution in [3.8, 4) is 0 Å². The molecule has 0 spiro atoms. The number of nitrogens with one attached hydrogen (secondary N) is 2. The van der Waals surface area contributed by atoms with E-state index in [1.165, 1.54) is 6.21 Å². The van der Waals surface area contributed by atoms with Crippen LogP contribution in [0.1, 0.15) is 41.6 Å². The van der Waals surface area contributed by atoms with Gasteiger partial charge in [0.15, 0.2) is 5.78 Å². The SMILES string of the molecule is C=C(C)C(=O)c1ccccc1C(C=N)CNC1CCOCC1. The van der Waals surface area contributed by atoms with E-state index < -0.39 is 0 Å². The van der Waals surface area contributed by atoms with Crippen LogP contribution in [0.3, 0.4) is 0 Å². The van der Waals surface area contributed by atoms with Gasteiger partial charge in [-0.3, -0.25) is 4.79 Å². The number of hydrogen-bond acceptors (Lipinski definition) is 4. The monoisotopic (exact) mass is 300 g/mol. The summed E-state index contributed by atoms with van der Waals surface area (Å²) in [7, 11) is 0. The van der Waals surface area contributed by atoms with Crippen molar-refractivity contribution in [3.05, 3.63) is 47.5 Å². The minimum atomic E-state index is -0.109. The maximum atomic E-state index is 12.3. The Balaban J connectivity index is 2.11. The largest absolute Gasteiger partial charge is 0.381 e. The minimum absolute atomic E-state index is 0.0477. The number of rotatable bonds is 7. The molecule has 1 unspecified atom stereocenters. The van der Waals surface area contributed by atoms with Crippen LogP contribution in [0.5, 0.6) is 0 Å². The summed E-state index contributed by atoms with van der Waals surface area (Å²) >= 11 is 0. The predicted molar refractivity (Wildman–Crippen MR) is 89.0 cm³/mol. The zero-order chi connectivity index (χ0) is 15.9. The van der Waals surface area contributed by atoms with Crippen molar-refractivity contribution in [2.75, 3.05) is 19.8 Å². The van der Waals surface area contributed by atoms with E-state index in [4.69, 9.17) is 10.1 Å². The maximum Gasteiger partial charge on any atom is 0.188 e. The lowest BCUT2D eigenvalue weighted by Gasteiger charge is -2.25. The summed E-state index contributed by atoms with van der Waals surface area (Å²) in [5.74, 6) is -0.157. The lowest BCUT2D eigenvalue weighted by atomic mass is 9.91. The first kappa shape index (κ1) is 16.6. The van der Waals surface area contributed by atoms with Gasteiger partial charge >= 0.3 is 0 Å². The Morgan fingerprint density at radius 2 is 2.14 bits per heavy atom. The Hall–Kier alpha value is -1.78. The third kappa shape index (κ3) is 4.12. The predicted octanol–water partition coefficient (Wildman–Crippen LogP) is 2.95. The van der Waals surface area contributed by atoms with Gasteiger partial charge in [0.2, 0.25) is 0 Å². The van der Waals surface area contributed by atoms with E-state index >= 15 is 0 Å². The Morgan fingerprint density at radius 1 is 1.45 bits per heavy atom. The van der Waals surface area contributed by atoms with Crippen LogP contribution >= 0.6 is 0 Å². The summed E-state index contributed by atoms with van der Waals surface area (Å²) in [6.07, 6.45) is 3.41. The van der Waals surface area contributed by atoms with Gasteiger partial charge in [0.1, 0.15) is 0 Å². The highest BCUT2D eigenvalue weighted by atomic mass is 16.5. The molecule has 1 heterocycles. The first-order chi connectivity index (χ1) is 10.6. The minimum Gasteiger partial charge on any atom is -0.381 e. The maximum absolute atomic E-state index is 12.3. The van der Waals surface area contributed by atoms with Crippen LogP contribution in [-0.2, 0) is 4.74 Å². The third-order valence-electron chi connectivity index (χ3n) is 4.04. The van der Waals surface area contributed by atoms with Gasteiger partial charge in [-0.15, -0.1) is 0 Å². The molecule has 0 radical (unpaired) electrons. The Bertz CT molecular complexity index is 548. The quantitative estimate of drug-likeness (QED) is 0.462. The molecule has 4 heteroatoms. The number of hydrogen-bond donors (Lipinski definition) is 2. The van der Waals surface area contributed by atoms with Gasteiger partial charge in [-0.1, -0.05) is 30.8 Å². The third-order valence-corrected chi connectivity index (χ3v) is 4.04. The molecule has 22 heavy (non-hydrogen) atoms. The van der Waals surface area contributed by atoms with Crippen molar-refractivity contribution < 1.29 is 9.53 Å². The molecule has 1 aliphatic heterocycles. The number of benzene rings is 1. The van der Waals surface area contributed by atoms with E-state index in [-0.39, 0.29) is 11.7 Å². The van der Waals surface area contributed by atoms with Crippen molar-refractivity contribution in [1.29, 1.82) is 5.41 Å². The van der Waals surface area contributed by atoms with Crippen LogP contribution in [-0.4, -0.2) is 37.8 Å². The lowest BCUT2D eigenvalue weighted by molar-refractivity contribution is 0.0780. The molecule has 1 aliphatic rings. The molecule has 0 saturated carbocycles. The van der Waals surface area contributed by atoms with E-state index in [0.717, 1.165) is 31.6 Å². The Labute approximate surface area is 132 Å². The van der Waals surface area contributed by atoms with E-state index in [1.54, 1.807) is 6.92 Å². The van der Waals surface area contributed by atoms with Gasteiger partial charge in [0.05, 0.1) is 0 Å². The van der Waals surface area contributed by atoms with Crippen molar-refractivity contribution in [3.63, 3.8) is 0 Å². The molecule has 2 rings (SSSR count). The van der Waals surface area contributed by atoms with Crippen LogP contribution < -0.4 is 5.32 Å². The zero-order valence-electron chi connectivity index (χ0n) is 13.1. The van der Waals surface area contributed by atoms with Crippen molar-refractivity contribution in [2.24, 2.45) is 0 Å². The normalized spacial score (nSPS) is 17.0. The molecule has 118 valence electrons. The Morgan fingerprint density at radius 3 is 2.77 bits per heavy atom. The zero-order valence-corrected chi connectivity index (χ0v) is 13.1. The van der Waals surface area contributed by atoms with E-state index in [1.807, 2.05) is 24.3 Å². The summed E-state index contributed by atoms with van der Waals surface area (Å²) in [5, 5.41) is 11.2. The smallest absolute Gasteiger partial charge is 0.188 e. The number of Topliss-reactive ketones (excluding diaryl/α,β-unsaturated/α-hetero) is 1. The van der Waals surface area contributed by atoms with E-state index in [2.05, 4.69) is 11.9 Å². The molecular formula is C18H24N2O2. The van der Waals surface area contributed by atoms with E-state index in [0.29, 0.717) is 23.7 Å². The lowest BCUT2D eigenvalue weighted by Crippen LogP contribution is -2.37. The van der Waals surface area contributed by atoms with Crippen LogP contribution in [0.25, 0.3) is 0 Å². The van der Waals surface area contributed by atoms with Gasteiger partial charge in [-0.2, -0.15) is 0 Å². The van der Waals surface area contributed by atoms with Gasteiger partial charge < -0.3 is 15.5 Å². The molecule has 0 aromatic heterocycles. The molecule has 1 fully saturated rings. The fraction of sp³-hybridized carbons (Fsp3) is 0.444. The van der Waals surface area contributed by atoms with Gasteiger partial charge in [0, 0.05) is 43.5 Å². The molecule has 4 nitrogen and oxygen atoms in total. The highest BCUT2D eigenvalue weighted by molar-refractivity contribution is 6.09. The van der Waals surface area contributed by atoms with Crippen molar-refractivity contribution in [1.82, 2.24) is 5.32 Å². The molecule has 0 bridgehead atoms.